The van der Waals surface area contributed by atoms with Crippen molar-refractivity contribution in [1.29, 1.82) is 0 Å². The molecule has 116 valence electrons. The standard InChI is InChI=1S/C17H19NO4/c1-3-10-6-4-5-7-11(10)18-15(19)14-13(16(20)21)12-8-9-17(14,2)22-12/h4-9,12-14H,3H2,1-2H3,(H,18,19)(H,20,21)/t12-,13-,14+,17-/m1/s1. The Morgan fingerprint density at radius 3 is 2.77 bits per heavy atom. The lowest BCUT2D eigenvalue weighted by atomic mass is 9.75. The lowest BCUT2D eigenvalue weighted by Crippen LogP contribution is -2.44. The lowest BCUT2D eigenvalue weighted by Gasteiger charge is -2.28. The third-order valence-electron chi connectivity index (χ3n) is 4.56. The number of benzene rings is 1. The van der Waals surface area contributed by atoms with Crippen LogP contribution >= 0.6 is 0 Å². The van der Waals surface area contributed by atoms with E-state index in [1.807, 2.05) is 31.2 Å². The summed E-state index contributed by atoms with van der Waals surface area (Å²) in [6, 6.07) is 7.55. The molecule has 2 N–H and O–H groups in total. The van der Waals surface area contributed by atoms with E-state index in [9.17, 15) is 14.7 Å². The summed E-state index contributed by atoms with van der Waals surface area (Å²) in [5.41, 5.74) is 0.904. The Labute approximate surface area is 129 Å². The molecule has 0 spiro atoms. The van der Waals surface area contributed by atoms with Crippen molar-refractivity contribution in [2.45, 2.75) is 32.0 Å². The highest BCUT2D eigenvalue weighted by Gasteiger charge is 2.59. The maximum atomic E-state index is 12.7. The van der Waals surface area contributed by atoms with Crippen LogP contribution in [0.3, 0.4) is 0 Å². The van der Waals surface area contributed by atoms with Crippen LogP contribution in [0.5, 0.6) is 0 Å². The predicted octanol–water partition coefficient (Wildman–Crippen LogP) is 2.23. The van der Waals surface area contributed by atoms with Gasteiger partial charge in [-0.05, 0) is 25.0 Å². The number of carbonyl (C=O) groups is 2. The van der Waals surface area contributed by atoms with Gasteiger partial charge in [0.15, 0.2) is 0 Å². The first-order valence-corrected chi connectivity index (χ1v) is 7.45. The van der Waals surface area contributed by atoms with Gasteiger partial charge in [0.1, 0.15) is 5.92 Å². The molecule has 0 aliphatic carbocycles. The van der Waals surface area contributed by atoms with Gasteiger partial charge in [0, 0.05) is 5.69 Å². The number of anilines is 1. The van der Waals surface area contributed by atoms with Crippen LogP contribution in [0.25, 0.3) is 0 Å². The number of carbonyl (C=O) groups excluding carboxylic acids is 1. The molecule has 1 saturated heterocycles. The van der Waals surface area contributed by atoms with Gasteiger partial charge in [-0.1, -0.05) is 37.3 Å². The molecule has 0 aromatic heterocycles. The molecule has 1 fully saturated rings. The first-order valence-electron chi connectivity index (χ1n) is 7.45. The third-order valence-corrected chi connectivity index (χ3v) is 4.56. The zero-order valence-corrected chi connectivity index (χ0v) is 12.6. The van der Waals surface area contributed by atoms with E-state index >= 15 is 0 Å². The number of aryl methyl sites for hydroxylation is 1. The van der Waals surface area contributed by atoms with Crippen LogP contribution in [-0.4, -0.2) is 28.7 Å². The molecule has 22 heavy (non-hydrogen) atoms. The number of hydrogen-bond acceptors (Lipinski definition) is 3. The number of amides is 1. The van der Waals surface area contributed by atoms with Gasteiger partial charge in [-0.2, -0.15) is 0 Å². The summed E-state index contributed by atoms with van der Waals surface area (Å²) in [7, 11) is 0. The summed E-state index contributed by atoms with van der Waals surface area (Å²) in [6.45, 7) is 3.78. The smallest absolute Gasteiger partial charge is 0.310 e. The Bertz CT molecular complexity index is 654. The van der Waals surface area contributed by atoms with Gasteiger partial charge in [-0.25, -0.2) is 0 Å². The highest BCUT2D eigenvalue weighted by Crippen LogP contribution is 2.47. The number of rotatable bonds is 4. The summed E-state index contributed by atoms with van der Waals surface area (Å²) in [5.74, 6) is -2.88. The minimum atomic E-state index is -0.998. The molecule has 0 radical (unpaired) electrons. The molecule has 2 bridgehead atoms. The van der Waals surface area contributed by atoms with Gasteiger partial charge in [0.2, 0.25) is 5.91 Å². The van der Waals surface area contributed by atoms with E-state index in [2.05, 4.69) is 5.32 Å². The molecule has 2 heterocycles. The quantitative estimate of drug-likeness (QED) is 0.836. The summed E-state index contributed by atoms with van der Waals surface area (Å²) in [6.07, 6.45) is 3.80. The SMILES string of the molecule is CCc1ccccc1NC(=O)[C@@H]1[C@H](C(=O)O)[C@H]2C=C[C@@]1(C)O2. The third kappa shape index (κ3) is 2.22. The largest absolute Gasteiger partial charge is 0.481 e. The molecule has 2 aliphatic heterocycles. The van der Waals surface area contributed by atoms with E-state index < -0.39 is 29.5 Å². The number of ether oxygens (including phenoxy) is 1. The summed E-state index contributed by atoms with van der Waals surface area (Å²) < 4.78 is 5.71. The Hall–Kier alpha value is -2.14. The highest BCUT2D eigenvalue weighted by molar-refractivity contribution is 5.97. The number of nitrogens with one attached hydrogen (secondary N) is 1. The highest BCUT2D eigenvalue weighted by atomic mass is 16.5. The predicted molar refractivity (Wildman–Crippen MR) is 81.5 cm³/mol. The summed E-state index contributed by atoms with van der Waals surface area (Å²) in [5, 5.41) is 12.3. The van der Waals surface area contributed by atoms with E-state index in [0.717, 1.165) is 17.7 Å². The average Bonchev–Trinajstić information content (AvgIpc) is 3.00. The van der Waals surface area contributed by atoms with Crippen LogP contribution in [0.4, 0.5) is 5.69 Å². The minimum Gasteiger partial charge on any atom is -0.481 e. The zero-order chi connectivity index (χ0) is 15.9. The molecule has 4 atom stereocenters. The van der Waals surface area contributed by atoms with E-state index in [0.29, 0.717) is 0 Å². The van der Waals surface area contributed by atoms with Crippen molar-refractivity contribution < 1.29 is 19.4 Å². The van der Waals surface area contributed by atoms with Gasteiger partial charge >= 0.3 is 5.97 Å². The van der Waals surface area contributed by atoms with Crippen LogP contribution in [0, 0.1) is 11.8 Å². The second-order valence-electron chi connectivity index (χ2n) is 5.97. The molecule has 0 saturated carbocycles. The van der Waals surface area contributed by atoms with Crippen molar-refractivity contribution >= 4 is 17.6 Å². The second kappa shape index (κ2) is 5.25. The van der Waals surface area contributed by atoms with Crippen molar-refractivity contribution in [2.75, 3.05) is 5.32 Å². The first kappa shape index (κ1) is 14.8. The fourth-order valence-corrected chi connectivity index (χ4v) is 3.44. The molecule has 3 rings (SSSR count). The normalized spacial score (nSPS) is 32.2. The Kier molecular flexibility index (Phi) is 3.53. The molecule has 1 aromatic rings. The number of aliphatic carboxylic acids is 1. The number of para-hydroxylation sites is 1. The van der Waals surface area contributed by atoms with E-state index in [4.69, 9.17) is 4.74 Å². The van der Waals surface area contributed by atoms with Gasteiger partial charge in [-0.3, -0.25) is 9.59 Å². The molecule has 1 aromatic carbocycles. The number of carboxylic acids is 1. The Morgan fingerprint density at radius 2 is 2.09 bits per heavy atom. The Balaban J connectivity index is 1.88. The lowest BCUT2D eigenvalue weighted by molar-refractivity contribution is -0.146. The minimum absolute atomic E-state index is 0.303. The molecular weight excluding hydrogens is 282 g/mol. The molecule has 5 nitrogen and oxygen atoms in total. The first-order chi connectivity index (χ1) is 10.5. The number of hydrogen-bond donors (Lipinski definition) is 2. The van der Waals surface area contributed by atoms with Crippen molar-refractivity contribution in [3.63, 3.8) is 0 Å². The van der Waals surface area contributed by atoms with Crippen LogP contribution in [0.2, 0.25) is 0 Å². The van der Waals surface area contributed by atoms with Crippen LogP contribution in [-0.2, 0) is 20.7 Å². The van der Waals surface area contributed by atoms with Gasteiger partial charge in [-0.15, -0.1) is 0 Å². The van der Waals surface area contributed by atoms with Gasteiger partial charge < -0.3 is 15.2 Å². The van der Waals surface area contributed by atoms with Crippen LogP contribution in [0.1, 0.15) is 19.4 Å². The van der Waals surface area contributed by atoms with Crippen molar-refractivity contribution in [1.82, 2.24) is 0 Å². The van der Waals surface area contributed by atoms with Crippen molar-refractivity contribution in [3.8, 4) is 0 Å². The average molecular weight is 301 g/mol. The monoisotopic (exact) mass is 301 g/mol. The van der Waals surface area contributed by atoms with Gasteiger partial charge in [0.25, 0.3) is 0 Å². The number of fused-ring (bicyclic) bond motifs is 2. The van der Waals surface area contributed by atoms with Crippen LogP contribution in [0.15, 0.2) is 36.4 Å². The van der Waals surface area contributed by atoms with E-state index in [1.54, 1.807) is 19.1 Å². The van der Waals surface area contributed by atoms with Crippen molar-refractivity contribution in [2.24, 2.45) is 11.8 Å². The zero-order valence-electron chi connectivity index (χ0n) is 12.6. The Morgan fingerprint density at radius 1 is 1.36 bits per heavy atom. The molecule has 2 aliphatic rings. The maximum absolute atomic E-state index is 12.7. The van der Waals surface area contributed by atoms with E-state index in [-0.39, 0.29) is 5.91 Å². The molecule has 1 amide bonds. The molecular formula is C17H19NO4. The van der Waals surface area contributed by atoms with Gasteiger partial charge in [0.05, 0.1) is 17.6 Å². The summed E-state index contributed by atoms with van der Waals surface area (Å²) >= 11 is 0. The van der Waals surface area contributed by atoms with Crippen molar-refractivity contribution in [3.05, 3.63) is 42.0 Å². The topological polar surface area (TPSA) is 75.6 Å². The molecule has 5 heteroatoms. The fraction of sp³-hybridized carbons (Fsp3) is 0.412. The van der Waals surface area contributed by atoms with Crippen LogP contribution < -0.4 is 5.32 Å². The number of carboxylic acid groups (broad SMARTS) is 1. The summed E-state index contributed by atoms with van der Waals surface area (Å²) in [4.78, 5) is 24.2. The second-order valence-corrected chi connectivity index (χ2v) is 5.97. The fourth-order valence-electron chi connectivity index (χ4n) is 3.44. The maximum Gasteiger partial charge on any atom is 0.310 e. The van der Waals surface area contributed by atoms with E-state index in [1.165, 1.54) is 0 Å². The molecule has 0 unspecified atom stereocenters.